The zero-order chi connectivity index (χ0) is 12.1. The van der Waals surface area contributed by atoms with Gasteiger partial charge in [-0.2, -0.15) is 4.98 Å². The maximum absolute atomic E-state index is 4.89. The van der Waals surface area contributed by atoms with Crippen molar-refractivity contribution in [2.75, 3.05) is 24.2 Å². The summed E-state index contributed by atoms with van der Waals surface area (Å²) in [5.41, 5.74) is 1.95. The van der Waals surface area contributed by atoms with E-state index in [1.54, 1.807) is 19.3 Å². The molecule has 0 aliphatic rings. The van der Waals surface area contributed by atoms with Crippen LogP contribution in [0.4, 0.5) is 11.4 Å². The molecule has 90 valence electrons. The summed E-state index contributed by atoms with van der Waals surface area (Å²) in [6, 6.07) is 1.99. The molecule has 2 aromatic rings. The van der Waals surface area contributed by atoms with E-state index in [9.17, 15) is 0 Å². The Labute approximate surface area is 99.5 Å². The third-order valence-corrected chi connectivity index (χ3v) is 2.27. The van der Waals surface area contributed by atoms with Crippen LogP contribution in [0.2, 0.25) is 0 Å². The molecule has 0 saturated heterocycles. The average Bonchev–Trinajstić information content (AvgIpc) is 2.75. The summed E-state index contributed by atoms with van der Waals surface area (Å²) in [5.74, 6) is 1.31. The molecule has 0 saturated carbocycles. The van der Waals surface area contributed by atoms with Crippen LogP contribution < -0.4 is 10.6 Å². The molecular formula is C11H15N5O. The van der Waals surface area contributed by atoms with E-state index in [4.69, 9.17) is 4.52 Å². The summed E-state index contributed by atoms with van der Waals surface area (Å²) in [7, 11) is 1.86. The zero-order valence-electron chi connectivity index (χ0n) is 9.90. The predicted molar refractivity (Wildman–Crippen MR) is 65.0 cm³/mol. The van der Waals surface area contributed by atoms with Crippen molar-refractivity contribution >= 4 is 11.4 Å². The van der Waals surface area contributed by atoms with Crippen molar-refractivity contribution in [1.29, 1.82) is 0 Å². The number of aromatic nitrogens is 3. The van der Waals surface area contributed by atoms with E-state index in [2.05, 4.69) is 25.8 Å². The van der Waals surface area contributed by atoms with Crippen molar-refractivity contribution in [3.05, 3.63) is 30.2 Å². The number of rotatable bonds is 5. The normalized spacial score (nSPS) is 10.2. The third kappa shape index (κ3) is 3.17. The minimum Gasteiger partial charge on any atom is -0.387 e. The Kier molecular flexibility index (Phi) is 3.54. The molecule has 6 heteroatoms. The van der Waals surface area contributed by atoms with Crippen molar-refractivity contribution in [3.8, 4) is 0 Å². The summed E-state index contributed by atoms with van der Waals surface area (Å²) in [4.78, 5) is 8.24. The molecular weight excluding hydrogens is 218 g/mol. The van der Waals surface area contributed by atoms with Crippen molar-refractivity contribution < 1.29 is 4.52 Å². The van der Waals surface area contributed by atoms with Gasteiger partial charge in [0.1, 0.15) is 0 Å². The number of nitrogens with zero attached hydrogens (tertiary/aromatic N) is 3. The van der Waals surface area contributed by atoms with Crippen LogP contribution in [0, 0.1) is 6.92 Å². The first kappa shape index (κ1) is 11.4. The molecule has 0 atom stereocenters. The second-order valence-electron chi connectivity index (χ2n) is 3.62. The Balaban J connectivity index is 1.85. The molecule has 17 heavy (non-hydrogen) atoms. The third-order valence-electron chi connectivity index (χ3n) is 2.27. The van der Waals surface area contributed by atoms with Crippen molar-refractivity contribution in [2.24, 2.45) is 0 Å². The number of anilines is 2. The maximum Gasteiger partial charge on any atom is 0.223 e. The standard InChI is InChI=1S/C11H15N5O/c1-8-15-11(16-17-8)3-4-14-10-5-9(12-2)6-13-7-10/h5-7,12,14H,3-4H2,1-2H3. The van der Waals surface area contributed by atoms with Crippen molar-refractivity contribution in [3.63, 3.8) is 0 Å². The fraction of sp³-hybridized carbons (Fsp3) is 0.364. The Morgan fingerprint density at radius 2 is 2.12 bits per heavy atom. The largest absolute Gasteiger partial charge is 0.387 e. The number of hydrogen-bond donors (Lipinski definition) is 2. The Morgan fingerprint density at radius 1 is 1.29 bits per heavy atom. The predicted octanol–water partition coefficient (Wildman–Crippen LogP) is 1.47. The van der Waals surface area contributed by atoms with Crippen LogP contribution in [-0.4, -0.2) is 28.7 Å². The van der Waals surface area contributed by atoms with E-state index in [1.165, 1.54) is 0 Å². The number of pyridine rings is 1. The number of nitrogens with one attached hydrogen (secondary N) is 2. The minimum absolute atomic E-state index is 0.596. The van der Waals surface area contributed by atoms with Crippen LogP contribution in [0.3, 0.4) is 0 Å². The molecule has 0 fully saturated rings. The van der Waals surface area contributed by atoms with Gasteiger partial charge in [0, 0.05) is 26.9 Å². The van der Waals surface area contributed by atoms with Crippen LogP contribution >= 0.6 is 0 Å². The van der Waals surface area contributed by atoms with E-state index >= 15 is 0 Å². The molecule has 0 spiro atoms. The number of aryl methyl sites for hydroxylation is 1. The van der Waals surface area contributed by atoms with E-state index in [-0.39, 0.29) is 0 Å². The first-order valence-electron chi connectivity index (χ1n) is 5.44. The van der Waals surface area contributed by atoms with Gasteiger partial charge in [-0.1, -0.05) is 5.16 Å². The molecule has 0 aliphatic carbocycles. The fourth-order valence-electron chi connectivity index (χ4n) is 1.43. The highest BCUT2D eigenvalue weighted by atomic mass is 16.5. The van der Waals surface area contributed by atoms with Gasteiger partial charge >= 0.3 is 0 Å². The maximum atomic E-state index is 4.89. The molecule has 2 aromatic heterocycles. The van der Waals surface area contributed by atoms with Gasteiger partial charge in [0.15, 0.2) is 5.82 Å². The molecule has 0 radical (unpaired) electrons. The molecule has 0 aromatic carbocycles. The van der Waals surface area contributed by atoms with Gasteiger partial charge in [0.2, 0.25) is 5.89 Å². The van der Waals surface area contributed by atoms with Crippen molar-refractivity contribution in [2.45, 2.75) is 13.3 Å². The first-order valence-corrected chi connectivity index (χ1v) is 5.44. The molecule has 2 heterocycles. The highest BCUT2D eigenvalue weighted by Gasteiger charge is 2.01. The lowest BCUT2D eigenvalue weighted by Gasteiger charge is -2.06. The summed E-state index contributed by atoms with van der Waals surface area (Å²) >= 11 is 0. The second kappa shape index (κ2) is 5.29. The monoisotopic (exact) mass is 233 g/mol. The summed E-state index contributed by atoms with van der Waals surface area (Å²) in [5, 5.41) is 10.1. The van der Waals surface area contributed by atoms with Gasteiger partial charge in [-0.15, -0.1) is 0 Å². The molecule has 0 amide bonds. The highest BCUT2D eigenvalue weighted by Crippen LogP contribution is 2.11. The Hall–Kier alpha value is -2.11. The zero-order valence-corrected chi connectivity index (χ0v) is 9.90. The van der Waals surface area contributed by atoms with E-state index < -0.39 is 0 Å². The summed E-state index contributed by atoms with van der Waals surface area (Å²) < 4.78 is 4.89. The molecule has 2 rings (SSSR count). The van der Waals surface area contributed by atoms with Crippen molar-refractivity contribution in [1.82, 2.24) is 15.1 Å². The fourth-order valence-corrected chi connectivity index (χ4v) is 1.43. The quantitative estimate of drug-likeness (QED) is 0.814. The van der Waals surface area contributed by atoms with Gasteiger partial charge in [0.05, 0.1) is 23.8 Å². The molecule has 2 N–H and O–H groups in total. The molecule has 0 aliphatic heterocycles. The Bertz CT molecular complexity index is 482. The SMILES string of the molecule is CNc1cncc(NCCc2noc(C)n2)c1. The minimum atomic E-state index is 0.596. The van der Waals surface area contributed by atoms with Crippen LogP contribution in [0.15, 0.2) is 23.0 Å². The lowest BCUT2D eigenvalue weighted by Crippen LogP contribution is -2.06. The lowest BCUT2D eigenvalue weighted by atomic mass is 10.3. The number of hydrogen-bond acceptors (Lipinski definition) is 6. The van der Waals surface area contributed by atoms with Gasteiger partial charge in [-0.25, -0.2) is 0 Å². The smallest absolute Gasteiger partial charge is 0.223 e. The Morgan fingerprint density at radius 3 is 2.82 bits per heavy atom. The van der Waals surface area contributed by atoms with Crippen LogP contribution in [0.1, 0.15) is 11.7 Å². The molecule has 0 unspecified atom stereocenters. The molecule has 6 nitrogen and oxygen atoms in total. The van der Waals surface area contributed by atoms with Gasteiger partial charge in [-0.05, 0) is 6.07 Å². The van der Waals surface area contributed by atoms with Crippen LogP contribution in [0.5, 0.6) is 0 Å². The van der Waals surface area contributed by atoms with Gasteiger partial charge < -0.3 is 15.2 Å². The lowest BCUT2D eigenvalue weighted by molar-refractivity contribution is 0.387. The van der Waals surface area contributed by atoms with E-state index in [0.29, 0.717) is 11.7 Å². The van der Waals surface area contributed by atoms with Crippen LogP contribution in [0.25, 0.3) is 0 Å². The summed E-state index contributed by atoms with van der Waals surface area (Å²) in [6.45, 7) is 2.53. The second-order valence-corrected chi connectivity index (χ2v) is 3.62. The van der Waals surface area contributed by atoms with E-state index in [1.807, 2.05) is 13.1 Å². The van der Waals surface area contributed by atoms with Gasteiger partial charge in [-0.3, -0.25) is 4.98 Å². The first-order chi connectivity index (χ1) is 8.28. The van der Waals surface area contributed by atoms with E-state index in [0.717, 1.165) is 24.3 Å². The topological polar surface area (TPSA) is 75.9 Å². The molecule has 0 bridgehead atoms. The highest BCUT2D eigenvalue weighted by molar-refractivity contribution is 5.53. The summed E-state index contributed by atoms with van der Waals surface area (Å²) in [6.07, 6.45) is 4.27. The van der Waals surface area contributed by atoms with Crippen LogP contribution in [-0.2, 0) is 6.42 Å². The average molecular weight is 233 g/mol. The van der Waals surface area contributed by atoms with Gasteiger partial charge in [0.25, 0.3) is 0 Å².